The summed E-state index contributed by atoms with van der Waals surface area (Å²) >= 11 is 3.58. The van der Waals surface area contributed by atoms with Gasteiger partial charge < -0.3 is 9.80 Å². The van der Waals surface area contributed by atoms with Crippen LogP contribution in [0, 0.1) is 11.6 Å². The highest BCUT2D eigenvalue weighted by Gasteiger charge is 2.40. The Bertz CT molecular complexity index is 2500. The Labute approximate surface area is 343 Å². The zero-order valence-corrected chi connectivity index (χ0v) is 34.6. The third-order valence-corrected chi connectivity index (χ3v) is 13.3. The van der Waals surface area contributed by atoms with E-state index in [1.165, 1.54) is 12.1 Å². The highest BCUT2D eigenvalue weighted by molar-refractivity contribution is 9.10. The Hall–Kier alpha value is -5.08. The standard InChI is InChI=1S/C44H45BrF2N8O3/c1-25-23-53(30-11-12-31-36(19-30)54-35-8-5-7-32(45)39(35)41(58)50-42(54)44(31,3)4)26(2)22-52(25)24-27-20-48-43(49-21-27)51-15-13-28(14-16-51)29-17-33(46)40(34(47)18-29)55-37(56)9-6-10-38(55)57/h5,7-8,11-12,17-21,25-26,28H,6,9-10,13-16,22-24H2,1-4H3/t25-,26+/m1/s1. The highest BCUT2D eigenvalue weighted by Crippen LogP contribution is 2.45. The molecule has 3 saturated heterocycles. The third-order valence-electron chi connectivity index (χ3n) is 12.6. The normalized spacial score (nSPS) is 21.2. The van der Waals surface area contributed by atoms with E-state index in [4.69, 9.17) is 9.97 Å². The summed E-state index contributed by atoms with van der Waals surface area (Å²) in [4.78, 5) is 59.6. The molecule has 0 unspecified atom stereocenters. The second-order valence-electron chi connectivity index (χ2n) is 16.8. The lowest BCUT2D eigenvalue weighted by Crippen LogP contribution is -2.56. The number of piperidine rings is 2. The van der Waals surface area contributed by atoms with Gasteiger partial charge in [-0.05, 0) is 116 Å². The highest BCUT2D eigenvalue weighted by atomic mass is 79.9. The fourth-order valence-electron chi connectivity index (χ4n) is 9.48. The summed E-state index contributed by atoms with van der Waals surface area (Å²) in [7, 11) is 0. The summed E-state index contributed by atoms with van der Waals surface area (Å²) in [5.74, 6) is -1.61. The van der Waals surface area contributed by atoms with Crippen LogP contribution in [0.25, 0.3) is 16.6 Å². The maximum absolute atomic E-state index is 15.2. The van der Waals surface area contributed by atoms with Crippen LogP contribution in [0.1, 0.15) is 88.2 Å². The SMILES string of the molecule is C[C@@H]1CN(c2ccc3c(c2)-n2c(nc(=O)c4c(Br)cccc42)C3(C)C)[C@@H](C)CN1Cc1cnc(N2CCC(c3cc(F)c(N4C(=O)CCCC4=O)c(F)c3)CC2)nc1. The van der Waals surface area contributed by atoms with E-state index in [-0.39, 0.29) is 36.4 Å². The Morgan fingerprint density at radius 1 is 0.879 bits per heavy atom. The predicted octanol–water partition coefficient (Wildman–Crippen LogP) is 7.38. The van der Waals surface area contributed by atoms with Crippen LogP contribution in [0.5, 0.6) is 0 Å². The first-order chi connectivity index (χ1) is 27.8. The molecule has 0 bridgehead atoms. The monoisotopic (exact) mass is 850 g/mol. The Balaban J connectivity index is 0.846. The molecule has 0 spiro atoms. The maximum atomic E-state index is 15.2. The molecule has 2 aromatic heterocycles. The van der Waals surface area contributed by atoms with Crippen molar-refractivity contribution in [3.05, 3.63) is 110 Å². The third kappa shape index (κ3) is 6.48. The van der Waals surface area contributed by atoms with Crippen LogP contribution in [0.4, 0.5) is 26.1 Å². The van der Waals surface area contributed by atoms with Crippen molar-refractivity contribution in [1.29, 1.82) is 0 Å². The lowest BCUT2D eigenvalue weighted by Gasteiger charge is -2.45. The van der Waals surface area contributed by atoms with Crippen molar-refractivity contribution in [1.82, 2.24) is 24.4 Å². The fraction of sp³-hybridized carbons (Fsp3) is 0.409. The van der Waals surface area contributed by atoms with Crippen molar-refractivity contribution in [3.63, 3.8) is 0 Å². The summed E-state index contributed by atoms with van der Waals surface area (Å²) in [6, 6.07) is 15.5. The molecular weight excluding hydrogens is 806 g/mol. The number of fused-ring (bicyclic) bond motifs is 5. The molecule has 0 N–H and O–H groups in total. The number of halogens is 3. The van der Waals surface area contributed by atoms with Crippen molar-refractivity contribution in [2.24, 2.45) is 0 Å². The number of aromatic nitrogens is 4. The Morgan fingerprint density at radius 3 is 2.26 bits per heavy atom. The minimum Gasteiger partial charge on any atom is -0.366 e. The summed E-state index contributed by atoms with van der Waals surface area (Å²) in [6.07, 6.45) is 5.69. The number of benzene rings is 3. The lowest BCUT2D eigenvalue weighted by atomic mass is 9.85. The molecule has 0 aliphatic carbocycles. The van der Waals surface area contributed by atoms with E-state index in [0.717, 1.165) is 57.9 Å². The number of hydrogen-bond donors (Lipinski definition) is 0. The van der Waals surface area contributed by atoms with Crippen molar-refractivity contribution in [2.45, 2.75) is 89.8 Å². The molecule has 4 aliphatic rings. The van der Waals surface area contributed by atoms with E-state index in [1.54, 1.807) is 0 Å². The van der Waals surface area contributed by atoms with Crippen molar-refractivity contribution in [2.75, 3.05) is 40.9 Å². The molecule has 2 amide bonds. The second kappa shape index (κ2) is 14.6. The van der Waals surface area contributed by atoms with Gasteiger partial charge in [0.05, 0.1) is 22.0 Å². The van der Waals surface area contributed by atoms with Gasteiger partial charge >= 0.3 is 0 Å². The van der Waals surface area contributed by atoms with Crippen molar-refractivity contribution < 1.29 is 18.4 Å². The Kier molecular flexibility index (Phi) is 9.70. The summed E-state index contributed by atoms with van der Waals surface area (Å²) < 4.78 is 33.4. The van der Waals surface area contributed by atoms with Crippen molar-refractivity contribution in [3.8, 4) is 5.69 Å². The van der Waals surface area contributed by atoms with Gasteiger partial charge in [0.25, 0.3) is 5.56 Å². The molecule has 58 heavy (non-hydrogen) atoms. The van der Waals surface area contributed by atoms with E-state index >= 15 is 8.78 Å². The van der Waals surface area contributed by atoms with E-state index in [0.29, 0.717) is 54.1 Å². The van der Waals surface area contributed by atoms with E-state index in [1.807, 2.05) is 30.6 Å². The molecule has 9 rings (SSSR count). The van der Waals surface area contributed by atoms with Gasteiger partial charge in [-0.1, -0.05) is 12.1 Å². The molecule has 3 fully saturated rings. The largest absolute Gasteiger partial charge is 0.366 e. The molecule has 14 heteroatoms. The average Bonchev–Trinajstić information content (AvgIpc) is 3.42. The fourth-order valence-corrected chi connectivity index (χ4v) is 10.0. The zero-order valence-electron chi connectivity index (χ0n) is 33.0. The van der Waals surface area contributed by atoms with Crippen LogP contribution in [0.15, 0.2) is 70.2 Å². The van der Waals surface area contributed by atoms with Gasteiger partial charge in [0.2, 0.25) is 17.8 Å². The first kappa shape index (κ1) is 38.4. The molecule has 3 aromatic carbocycles. The molecule has 6 heterocycles. The van der Waals surface area contributed by atoms with Crippen molar-refractivity contribution >= 4 is 56.0 Å². The van der Waals surface area contributed by atoms with Gasteiger partial charge in [0.1, 0.15) is 11.5 Å². The van der Waals surface area contributed by atoms with Crippen LogP contribution in [-0.4, -0.2) is 74.5 Å². The van der Waals surface area contributed by atoms with E-state index < -0.39 is 34.6 Å². The Morgan fingerprint density at radius 2 is 1.57 bits per heavy atom. The minimum absolute atomic E-state index is 0.0759. The second-order valence-corrected chi connectivity index (χ2v) is 17.6. The van der Waals surface area contributed by atoms with Crippen LogP contribution in [-0.2, 0) is 21.5 Å². The molecule has 4 aliphatic heterocycles. The molecule has 0 radical (unpaired) electrons. The molecule has 11 nitrogen and oxygen atoms in total. The minimum atomic E-state index is -0.886. The number of amides is 2. The van der Waals surface area contributed by atoms with E-state index in [9.17, 15) is 14.4 Å². The number of rotatable bonds is 6. The number of carbonyl (C=O) groups is 2. The lowest BCUT2D eigenvalue weighted by molar-refractivity contribution is -0.129. The number of imide groups is 1. The van der Waals surface area contributed by atoms with Gasteiger partial charge in [-0.25, -0.2) is 23.6 Å². The van der Waals surface area contributed by atoms with Gasteiger partial charge in [-0.15, -0.1) is 0 Å². The molecule has 2 atom stereocenters. The molecule has 0 saturated carbocycles. The number of carbonyl (C=O) groups excluding carboxylic acids is 2. The quantitative estimate of drug-likeness (QED) is 0.162. The smallest absolute Gasteiger partial charge is 0.281 e. The van der Waals surface area contributed by atoms with Gasteiger partial charge in [-0.3, -0.25) is 23.9 Å². The summed E-state index contributed by atoms with van der Waals surface area (Å²) in [5.41, 5.74) is 4.52. The first-order valence-corrected chi connectivity index (χ1v) is 20.9. The first-order valence-electron chi connectivity index (χ1n) is 20.1. The average molecular weight is 852 g/mol. The van der Waals surface area contributed by atoms with E-state index in [2.05, 4.69) is 86.1 Å². The number of piperazine rings is 1. The number of hydrogen-bond acceptors (Lipinski definition) is 9. The predicted molar refractivity (Wildman–Crippen MR) is 223 cm³/mol. The maximum Gasteiger partial charge on any atom is 0.281 e. The van der Waals surface area contributed by atoms with Crippen LogP contribution >= 0.6 is 15.9 Å². The molecule has 300 valence electrons. The summed E-state index contributed by atoms with van der Waals surface area (Å²) in [6.45, 7) is 12.4. The molecular formula is C44H45BrF2N8O3. The zero-order chi connectivity index (χ0) is 40.6. The summed E-state index contributed by atoms with van der Waals surface area (Å²) in [5, 5.41) is 0.583. The van der Waals surface area contributed by atoms with Gasteiger partial charge in [0, 0.05) is 85.8 Å². The number of nitrogens with zero attached hydrogens (tertiary/aromatic N) is 8. The van der Waals surface area contributed by atoms with Gasteiger partial charge in [0.15, 0.2) is 11.6 Å². The van der Waals surface area contributed by atoms with Gasteiger partial charge in [-0.2, -0.15) is 4.98 Å². The number of anilines is 3. The molecule has 5 aromatic rings. The van der Waals surface area contributed by atoms with Crippen LogP contribution < -0.4 is 20.3 Å². The topological polar surface area (TPSA) is 108 Å². The van der Waals surface area contributed by atoms with Crippen LogP contribution in [0.3, 0.4) is 0 Å². The van der Waals surface area contributed by atoms with Crippen LogP contribution in [0.2, 0.25) is 0 Å².